The molecule has 0 radical (unpaired) electrons. The summed E-state index contributed by atoms with van der Waals surface area (Å²) in [5.41, 5.74) is 2.10. The number of aromatic amines is 1. The summed E-state index contributed by atoms with van der Waals surface area (Å²) in [5.74, 6) is 0.905. The van der Waals surface area contributed by atoms with Gasteiger partial charge in [-0.05, 0) is 38.7 Å². The lowest BCUT2D eigenvalue weighted by Crippen LogP contribution is -2.40. The van der Waals surface area contributed by atoms with Crippen LogP contribution in [0.3, 0.4) is 0 Å². The summed E-state index contributed by atoms with van der Waals surface area (Å²) in [6.45, 7) is 3.46. The first-order valence-electron chi connectivity index (χ1n) is 11.8. The monoisotopic (exact) mass is 453 g/mol. The molecule has 2 N–H and O–H groups in total. The van der Waals surface area contributed by atoms with Crippen LogP contribution >= 0.6 is 11.8 Å². The summed E-state index contributed by atoms with van der Waals surface area (Å²) < 4.78 is 8.06. The summed E-state index contributed by atoms with van der Waals surface area (Å²) in [5, 5.41) is 14.0. The van der Waals surface area contributed by atoms with Crippen LogP contribution < -0.4 is 5.32 Å². The van der Waals surface area contributed by atoms with Crippen LogP contribution in [0.5, 0.6) is 0 Å². The quantitative estimate of drug-likeness (QED) is 0.513. The van der Waals surface area contributed by atoms with E-state index in [-0.39, 0.29) is 17.3 Å². The fourth-order valence-corrected chi connectivity index (χ4v) is 5.63. The molecule has 8 heteroatoms. The highest BCUT2D eigenvalue weighted by atomic mass is 32.2. The minimum absolute atomic E-state index is 0.0854. The van der Waals surface area contributed by atoms with Gasteiger partial charge in [-0.15, -0.1) is 10.2 Å². The molecule has 0 bridgehead atoms. The van der Waals surface area contributed by atoms with Gasteiger partial charge in [0.2, 0.25) is 5.91 Å². The Morgan fingerprint density at radius 3 is 2.88 bits per heavy atom. The number of rotatable bonds is 7. The predicted octanol–water partition coefficient (Wildman–Crippen LogP) is 4.53. The molecule has 2 unspecified atom stereocenters. The lowest BCUT2D eigenvalue weighted by molar-refractivity contribution is -0.121. The summed E-state index contributed by atoms with van der Waals surface area (Å²) in [7, 11) is 0. The zero-order chi connectivity index (χ0) is 21.9. The van der Waals surface area contributed by atoms with Gasteiger partial charge in [-0.3, -0.25) is 9.36 Å². The lowest BCUT2D eigenvalue weighted by Gasteiger charge is -2.24. The van der Waals surface area contributed by atoms with Crippen LogP contribution in [0.25, 0.3) is 22.3 Å². The zero-order valence-electron chi connectivity index (χ0n) is 18.5. The predicted molar refractivity (Wildman–Crippen MR) is 127 cm³/mol. The van der Waals surface area contributed by atoms with Crippen LogP contribution in [0.2, 0.25) is 0 Å². The minimum Gasteiger partial charge on any atom is -0.376 e. The number of H-pyrrole nitrogens is 1. The van der Waals surface area contributed by atoms with Crippen molar-refractivity contribution >= 4 is 28.6 Å². The number of fused-ring (bicyclic) bond motifs is 1. The number of aromatic nitrogens is 4. The summed E-state index contributed by atoms with van der Waals surface area (Å²) >= 11 is 1.49. The SMILES string of the molecule is CC(Sc1nnc(-c2c[nH]c3ccccc23)n1CC1CCCO1)C(=O)NC1CCCCC1. The molecule has 1 saturated carbocycles. The number of benzene rings is 1. The van der Waals surface area contributed by atoms with Gasteiger partial charge in [-0.25, -0.2) is 0 Å². The largest absolute Gasteiger partial charge is 0.376 e. The first kappa shape index (κ1) is 21.5. The topological polar surface area (TPSA) is 84.8 Å². The van der Waals surface area contributed by atoms with E-state index in [1.54, 1.807) is 0 Å². The van der Waals surface area contributed by atoms with Crippen molar-refractivity contribution in [2.24, 2.45) is 0 Å². The van der Waals surface area contributed by atoms with E-state index in [2.05, 4.69) is 37.2 Å². The number of thioether (sulfide) groups is 1. The number of ether oxygens (including phenoxy) is 1. The van der Waals surface area contributed by atoms with Gasteiger partial charge in [0.05, 0.1) is 17.9 Å². The van der Waals surface area contributed by atoms with Crippen molar-refractivity contribution < 1.29 is 9.53 Å². The highest BCUT2D eigenvalue weighted by molar-refractivity contribution is 8.00. The molecule has 170 valence electrons. The average molecular weight is 454 g/mol. The van der Waals surface area contributed by atoms with E-state index >= 15 is 0 Å². The Morgan fingerprint density at radius 1 is 1.22 bits per heavy atom. The Labute approximate surface area is 192 Å². The van der Waals surface area contributed by atoms with Crippen molar-refractivity contribution in [3.05, 3.63) is 30.5 Å². The molecule has 32 heavy (non-hydrogen) atoms. The third kappa shape index (κ3) is 4.57. The maximum absolute atomic E-state index is 12.9. The van der Waals surface area contributed by atoms with E-state index in [1.807, 2.05) is 25.3 Å². The van der Waals surface area contributed by atoms with Gasteiger partial charge in [0.15, 0.2) is 11.0 Å². The smallest absolute Gasteiger partial charge is 0.233 e. The third-order valence-corrected chi connectivity index (χ3v) is 7.64. The van der Waals surface area contributed by atoms with Crippen LogP contribution in [0, 0.1) is 0 Å². The van der Waals surface area contributed by atoms with Crippen molar-refractivity contribution in [3.8, 4) is 11.4 Å². The maximum atomic E-state index is 12.9. The molecule has 1 amide bonds. The maximum Gasteiger partial charge on any atom is 0.233 e. The van der Waals surface area contributed by atoms with Crippen molar-refractivity contribution in [2.45, 2.75) is 81.0 Å². The highest BCUT2D eigenvalue weighted by Crippen LogP contribution is 2.32. The van der Waals surface area contributed by atoms with Gasteiger partial charge < -0.3 is 15.0 Å². The molecule has 3 aromatic rings. The molecule has 2 atom stereocenters. The number of hydrogen-bond donors (Lipinski definition) is 2. The number of hydrogen-bond acceptors (Lipinski definition) is 5. The number of para-hydroxylation sites is 1. The van der Waals surface area contributed by atoms with Crippen molar-refractivity contribution in [1.29, 1.82) is 0 Å². The number of amides is 1. The standard InChI is InChI=1S/C24H31N5O2S/c1-16(23(30)26-17-8-3-2-4-9-17)32-24-28-27-22(29(24)15-18-10-7-13-31-18)20-14-25-21-12-6-5-11-19(20)21/h5-6,11-12,14,16-18,25H,2-4,7-10,13,15H2,1H3,(H,26,30). The molecule has 0 spiro atoms. The molecule has 2 fully saturated rings. The highest BCUT2D eigenvalue weighted by Gasteiger charge is 2.26. The first-order chi connectivity index (χ1) is 15.7. The summed E-state index contributed by atoms with van der Waals surface area (Å²) in [4.78, 5) is 16.2. The van der Waals surface area contributed by atoms with Gasteiger partial charge >= 0.3 is 0 Å². The van der Waals surface area contributed by atoms with E-state index < -0.39 is 0 Å². The van der Waals surface area contributed by atoms with Crippen LogP contribution in [0.15, 0.2) is 35.6 Å². The summed E-state index contributed by atoms with van der Waals surface area (Å²) in [6.07, 6.45) is 10.1. The second-order valence-corrected chi connectivity index (χ2v) is 10.2. The molecule has 1 saturated heterocycles. The molecule has 7 nitrogen and oxygen atoms in total. The molecule has 2 aromatic heterocycles. The van der Waals surface area contributed by atoms with E-state index in [4.69, 9.17) is 4.74 Å². The number of carbonyl (C=O) groups is 1. The molecule has 1 aliphatic heterocycles. The van der Waals surface area contributed by atoms with Crippen LogP contribution in [0.4, 0.5) is 0 Å². The van der Waals surface area contributed by atoms with E-state index in [0.29, 0.717) is 12.6 Å². The van der Waals surface area contributed by atoms with Gasteiger partial charge in [0, 0.05) is 35.3 Å². The minimum atomic E-state index is -0.236. The molecular weight excluding hydrogens is 422 g/mol. The Hall–Kier alpha value is -2.32. The van der Waals surface area contributed by atoms with Crippen molar-refractivity contribution in [2.75, 3.05) is 6.61 Å². The van der Waals surface area contributed by atoms with Gasteiger partial charge in [0.25, 0.3) is 0 Å². The first-order valence-corrected chi connectivity index (χ1v) is 12.7. The van der Waals surface area contributed by atoms with Crippen molar-refractivity contribution in [3.63, 3.8) is 0 Å². The van der Waals surface area contributed by atoms with Crippen LogP contribution in [-0.2, 0) is 16.1 Å². The average Bonchev–Trinajstić information content (AvgIpc) is 3.56. The Bertz CT molecular complexity index is 1070. The van der Waals surface area contributed by atoms with Crippen LogP contribution in [0.1, 0.15) is 51.9 Å². The Morgan fingerprint density at radius 2 is 2.06 bits per heavy atom. The van der Waals surface area contributed by atoms with E-state index in [0.717, 1.165) is 59.7 Å². The van der Waals surface area contributed by atoms with Crippen LogP contribution in [-0.4, -0.2) is 49.7 Å². The molecule has 3 heterocycles. The second kappa shape index (κ2) is 9.67. The third-order valence-electron chi connectivity index (χ3n) is 6.56. The van der Waals surface area contributed by atoms with Gasteiger partial charge in [0.1, 0.15) is 0 Å². The lowest BCUT2D eigenvalue weighted by atomic mass is 9.95. The second-order valence-electron chi connectivity index (χ2n) is 8.90. The fourth-order valence-electron chi connectivity index (χ4n) is 4.77. The van der Waals surface area contributed by atoms with Gasteiger partial charge in [-0.1, -0.05) is 49.2 Å². The van der Waals surface area contributed by atoms with E-state index in [9.17, 15) is 4.79 Å². The zero-order valence-corrected chi connectivity index (χ0v) is 19.4. The molecule has 1 aliphatic carbocycles. The summed E-state index contributed by atoms with van der Waals surface area (Å²) in [6, 6.07) is 8.53. The molecular formula is C24H31N5O2S. The molecule has 2 aliphatic rings. The fraction of sp³-hybridized carbons (Fsp3) is 0.542. The number of carbonyl (C=O) groups excluding carboxylic acids is 1. The molecule has 1 aromatic carbocycles. The van der Waals surface area contributed by atoms with E-state index in [1.165, 1.54) is 31.0 Å². The normalized spacial score (nSPS) is 20.6. The van der Waals surface area contributed by atoms with Gasteiger partial charge in [-0.2, -0.15) is 0 Å². The Kier molecular flexibility index (Phi) is 6.50. The van der Waals surface area contributed by atoms with Crippen molar-refractivity contribution in [1.82, 2.24) is 25.1 Å². The molecule has 5 rings (SSSR count). The number of nitrogens with one attached hydrogen (secondary N) is 2. The Balaban J connectivity index is 1.39. The number of nitrogens with zero attached hydrogens (tertiary/aromatic N) is 3.